The second kappa shape index (κ2) is 6.93. The van der Waals surface area contributed by atoms with Gasteiger partial charge in [0.15, 0.2) is 6.61 Å². The van der Waals surface area contributed by atoms with Crippen LogP contribution < -0.4 is 5.32 Å². The van der Waals surface area contributed by atoms with Crippen LogP contribution in [0.15, 0.2) is 41.0 Å². The Bertz CT molecular complexity index is 661. The summed E-state index contributed by atoms with van der Waals surface area (Å²) in [6, 6.07) is 8.64. The van der Waals surface area contributed by atoms with Crippen LogP contribution in [0.5, 0.6) is 0 Å². The van der Waals surface area contributed by atoms with E-state index in [9.17, 15) is 9.59 Å². The normalized spacial score (nSPS) is 11.8. The molecule has 0 aliphatic carbocycles. The van der Waals surface area contributed by atoms with Gasteiger partial charge in [-0.3, -0.25) is 4.79 Å². The van der Waals surface area contributed by atoms with Gasteiger partial charge in [0.2, 0.25) is 0 Å². The van der Waals surface area contributed by atoms with E-state index in [2.05, 4.69) is 5.32 Å². The third kappa shape index (κ3) is 3.75. The average Bonchev–Trinajstić information content (AvgIpc) is 3.02. The summed E-state index contributed by atoms with van der Waals surface area (Å²) >= 11 is 0. The van der Waals surface area contributed by atoms with Gasteiger partial charge >= 0.3 is 5.97 Å². The van der Waals surface area contributed by atoms with Gasteiger partial charge in [0.25, 0.3) is 5.91 Å². The van der Waals surface area contributed by atoms with Crippen LogP contribution in [-0.4, -0.2) is 18.5 Å². The molecule has 0 spiro atoms. The van der Waals surface area contributed by atoms with E-state index in [1.54, 1.807) is 37.5 Å². The minimum atomic E-state index is -0.498. The summed E-state index contributed by atoms with van der Waals surface area (Å²) in [6.07, 6.45) is 1.54. The Morgan fingerprint density at radius 2 is 2.00 bits per heavy atom. The molecule has 22 heavy (non-hydrogen) atoms. The Morgan fingerprint density at radius 1 is 1.23 bits per heavy atom. The Balaban J connectivity index is 1.88. The predicted octanol–water partition coefficient (Wildman–Crippen LogP) is 2.93. The number of esters is 1. The number of amides is 1. The maximum atomic E-state index is 12.0. The number of nitrogens with one attached hydrogen (secondary N) is 1. The van der Waals surface area contributed by atoms with Gasteiger partial charge in [0.05, 0.1) is 17.9 Å². The molecule has 2 aromatic rings. The molecule has 1 atom stereocenters. The van der Waals surface area contributed by atoms with Crippen LogP contribution in [0.25, 0.3) is 0 Å². The number of ether oxygens (including phenoxy) is 1. The molecule has 0 radical (unpaired) electrons. The lowest BCUT2D eigenvalue weighted by atomic mass is 10.0. The van der Waals surface area contributed by atoms with Crippen molar-refractivity contribution >= 4 is 11.9 Å². The summed E-state index contributed by atoms with van der Waals surface area (Å²) < 4.78 is 10.3. The van der Waals surface area contributed by atoms with Crippen molar-refractivity contribution in [3.05, 3.63) is 59.0 Å². The highest BCUT2D eigenvalue weighted by Crippen LogP contribution is 2.14. The summed E-state index contributed by atoms with van der Waals surface area (Å²) in [7, 11) is 0. The molecule has 5 heteroatoms. The Kier molecular flexibility index (Phi) is 4.99. The van der Waals surface area contributed by atoms with Crippen LogP contribution in [0.1, 0.15) is 40.2 Å². The smallest absolute Gasteiger partial charge is 0.338 e. The molecular formula is C17H19NO4. The maximum Gasteiger partial charge on any atom is 0.338 e. The number of rotatable bonds is 5. The molecule has 0 aliphatic heterocycles. The lowest BCUT2D eigenvalue weighted by molar-refractivity contribution is -0.125. The standard InChI is InChI=1S/C17H19NO4/c1-11-6-4-7-14(12(11)2)17(20)22-10-16(19)18-13(3)15-8-5-9-21-15/h4-9,13H,10H2,1-3H3,(H,18,19)/t13-/m0/s1. The molecule has 0 saturated heterocycles. The largest absolute Gasteiger partial charge is 0.467 e. The highest BCUT2D eigenvalue weighted by molar-refractivity contribution is 5.93. The van der Waals surface area contributed by atoms with Crippen LogP contribution in [0.4, 0.5) is 0 Å². The minimum Gasteiger partial charge on any atom is -0.467 e. The molecule has 1 aromatic heterocycles. The molecule has 0 fully saturated rings. The fraction of sp³-hybridized carbons (Fsp3) is 0.294. The number of hydrogen-bond donors (Lipinski definition) is 1. The summed E-state index contributed by atoms with van der Waals surface area (Å²) in [5, 5.41) is 2.71. The van der Waals surface area contributed by atoms with Crippen LogP contribution in [-0.2, 0) is 9.53 Å². The van der Waals surface area contributed by atoms with Crippen molar-refractivity contribution < 1.29 is 18.7 Å². The SMILES string of the molecule is Cc1cccc(C(=O)OCC(=O)N[C@@H](C)c2ccco2)c1C. The summed E-state index contributed by atoms with van der Waals surface area (Å²) in [5.74, 6) is -0.223. The number of carbonyl (C=O) groups excluding carboxylic acids is 2. The molecule has 116 valence electrons. The molecule has 1 aromatic carbocycles. The van der Waals surface area contributed by atoms with Gasteiger partial charge in [-0.2, -0.15) is 0 Å². The van der Waals surface area contributed by atoms with Crippen molar-refractivity contribution in [2.75, 3.05) is 6.61 Å². The average molecular weight is 301 g/mol. The van der Waals surface area contributed by atoms with Crippen molar-refractivity contribution in [1.82, 2.24) is 5.32 Å². The predicted molar refractivity (Wildman–Crippen MR) is 81.5 cm³/mol. The van der Waals surface area contributed by atoms with Crippen LogP contribution in [0, 0.1) is 13.8 Å². The van der Waals surface area contributed by atoms with E-state index >= 15 is 0 Å². The first-order valence-electron chi connectivity index (χ1n) is 7.05. The van der Waals surface area contributed by atoms with Crippen molar-refractivity contribution in [3.8, 4) is 0 Å². The highest BCUT2D eigenvalue weighted by atomic mass is 16.5. The zero-order valence-corrected chi connectivity index (χ0v) is 12.9. The summed E-state index contributed by atoms with van der Waals surface area (Å²) in [6.45, 7) is 5.25. The van der Waals surface area contributed by atoms with Gasteiger partial charge in [-0.05, 0) is 50.1 Å². The van der Waals surface area contributed by atoms with Crippen molar-refractivity contribution in [2.24, 2.45) is 0 Å². The Morgan fingerprint density at radius 3 is 2.68 bits per heavy atom. The van der Waals surface area contributed by atoms with Crippen molar-refractivity contribution in [1.29, 1.82) is 0 Å². The van der Waals surface area contributed by atoms with E-state index in [1.807, 2.05) is 19.9 Å². The maximum absolute atomic E-state index is 12.0. The number of aryl methyl sites for hydroxylation is 1. The topological polar surface area (TPSA) is 68.5 Å². The van der Waals surface area contributed by atoms with E-state index < -0.39 is 5.97 Å². The molecule has 0 saturated carbocycles. The molecular weight excluding hydrogens is 282 g/mol. The molecule has 0 aliphatic rings. The first kappa shape index (κ1) is 15.8. The molecule has 5 nitrogen and oxygen atoms in total. The van der Waals surface area contributed by atoms with Gasteiger partial charge in [-0.25, -0.2) is 4.79 Å². The number of benzene rings is 1. The second-order valence-corrected chi connectivity index (χ2v) is 5.13. The zero-order chi connectivity index (χ0) is 16.1. The quantitative estimate of drug-likeness (QED) is 0.862. The van der Waals surface area contributed by atoms with Gasteiger partial charge in [0, 0.05) is 0 Å². The van der Waals surface area contributed by atoms with Crippen molar-refractivity contribution in [2.45, 2.75) is 26.8 Å². The van der Waals surface area contributed by atoms with Gasteiger partial charge < -0.3 is 14.5 Å². The number of furan rings is 1. The molecule has 2 rings (SSSR count). The third-order valence-electron chi connectivity index (χ3n) is 3.51. The second-order valence-electron chi connectivity index (χ2n) is 5.13. The summed E-state index contributed by atoms with van der Waals surface area (Å²) in [4.78, 5) is 23.8. The van der Waals surface area contributed by atoms with E-state index in [4.69, 9.17) is 9.15 Å². The monoisotopic (exact) mass is 301 g/mol. The number of hydrogen-bond acceptors (Lipinski definition) is 4. The zero-order valence-electron chi connectivity index (χ0n) is 12.9. The van der Waals surface area contributed by atoms with Crippen LogP contribution >= 0.6 is 0 Å². The van der Waals surface area contributed by atoms with Gasteiger partial charge in [0.1, 0.15) is 5.76 Å². The fourth-order valence-electron chi connectivity index (χ4n) is 2.07. The van der Waals surface area contributed by atoms with E-state index in [1.165, 1.54) is 0 Å². The lowest BCUT2D eigenvalue weighted by Crippen LogP contribution is -2.31. The van der Waals surface area contributed by atoms with Gasteiger partial charge in [-0.15, -0.1) is 0 Å². The van der Waals surface area contributed by atoms with E-state index in [-0.39, 0.29) is 18.6 Å². The highest BCUT2D eigenvalue weighted by Gasteiger charge is 2.16. The number of carbonyl (C=O) groups is 2. The van der Waals surface area contributed by atoms with E-state index in [0.717, 1.165) is 11.1 Å². The molecule has 1 N–H and O–H groups in total. The first-order valence-corrected chi connectivity index (χ1v) is 7.05. The first-order chi connectivity index (χ1) is 10.5. The fourth-order valence-corrected chi connectivity index (χ4v) is 2.07. The molecule has 1 amide bonds. The third-order valence-corrected chi connectivity index (χ3v) is 3.51. The van der Waals surface area contributed by atoms with E-state index in [0.29, 0.717) is 11.3 Å². The molecule has 0 bridgehead atoms. The van der Waals surface area contributed by atoms with Crippen LogP contribution in [0.3, 0.4) is 0 Å². The molecule has 0 unspecified atom stereocenters. The van der Waals surface area contributed by atoms with Crippen LogP contribution in [0.2, 0.25) is 0 Å². The Labute approximate surface area is 129 Å². The summed E-state index contributed by atoms with van der Waals surface area (Å²) in [5.41, 5.74) is 2.34. The minimum absolute atomic E-state index is 0.276. The Hall–Kier alpha value is -2.56. The lowest BCUT2D eigenvalue weighted by Gasteiger charge is -2.12. The van der Waals surface area contributed by atoms with Crippen molar-refractivity contribution in [3.63, 3.8) is 0 Å². The molecule has 1 heterocycles. The van der Waals surface area contributed by atoms with Gasteiger partial charge in [-0.1, -0.05) is 12.1 Å².